The van der Waals surface area contributed by atoms with Gasteiger partial charge in [0.2, 0.25) is 0 Å². The summed E-state index contributed by atoms with van der Waals surface area (Å²) in [6.45, 7) is 10.5. The van der Waals surface area contributed by atoms with Gasteiger partial charge >= 0.3 is 5.97 Å². The lowest BCUT2D eigenvalue weighted by atomic mass is 9.54. The van der Waals surface area contributed by atoms with Crippen LogP contribution in [0.5, 0.6) is 0 Å². The second-order valence-corrected chi connectivity index (χ2v) is 11.4. The molecular weight excluding hydrogens is 442 g/mol. The van der Waals surface area contributed by atoms with Crippen LogP contribution in [0, 0.1) is 10.8 Å². The Morgan fingerprint density at radius 3 is 2.50 bits per heavy atom. The Kier molecular flexibility index (Phi) is 3.76. The molecule has 9 atom stereocenters. The third kappa shape index (κ3) is 1.64. The van der Waals surface area contributed by atoms with Gasteiger partial charge in [0.25, 0.3) is 0 Å². The first-order valence-corrected chi connectivity index (χ1v) is 11.6. The number of hydrogen-bond donors (Lipinski definition) is 6. The Morgan fingerprint density at radius 1 is 1.24 bits per heavy atom. The summed E-state index contributed by atoms with van der Waals surface area (Å²) in [6, 6.07) is 3.15. The normalized spacial score (nSPS) is 54.5. The molecule has 0 unspecified atom stereocenters. The first-order chi connectivity index (χ1) is 15.6. The lowest BCUT2D eigenvalue weighted by Crippen LogP contribution is -2.73. The van der Waals surface area contributed by atoms with Crippen LogP contribution in [0.1, 0.15) is 57.4 Å². The molecule has 6 aliphatic rings. The van der Waals surface area contributed by atoms with Crippen molar-refractivity contribution in [3.05, 3.63) is 47.3 Å². The van der Waals surface area contributed by atoms with Crippen LogP contribution in [0.25, 0.3) is 0 Å². The third-order valence-corrected chi connectivity index (χ3v) is 10.2. The highest BCUT2D eigenvalue weighted by Gasteiger charge is 3.07. The van der Waals surface area contributed by atoms with E-state index in [4.69, 9.17) is 9.47 Å². The van der Waals surface area contributed by atoms with Crippen LogP contribution in [0.2, 0.25) is 0 Å². The number of nitrogens with one attached hydrogen (secondary N) is 1. The molecule has 9 heteroatoms. The zero-order chi connectivity index (χ0) is 24.9. The fourth-order valence-corrected chi connectivity index (χ4v) is 8.84. The molecule has 0 amide bonds. The molecular formula is C25H31NO8. The summed E-state index contributed by atoms with van der Waals surface area (Å²) in [5, 5.41) is 61.1. The maximum absolute atomic E-state index is 13.1. The highest BCUT2D eigenvalue weighted by molar-refractivity contribution is 5.88. The molecule has 6 N–H and O–H groups in total. The number of carbonyl (C=O) groups is 1. The number of aliphatic hydroxyl groups is 5. The maximum Gasteiger partial charge on any atom is 0.355 e. The van der Waals surface area contributed by atoms with Crippen molar-refractivity contribution >= 4 is 5.97 Å². The summed E-state index contributed by atoms with van der Waals surface area (Å²) in [7, 11) is 0. The minimum Gasteiger partial charge on any atom is -0.450 e. The average Bonchev–Trinajstić information content (AvgIpc) is 3.38. The number of aromatic nitrogens is 1. The second kappa shape index (κ2) is 5.69. The Morgan fingerprint density at radius 2 is 1.91 bits per heavy atom. The van der Waals surface area contributed by atoms with Crippen molar-refractivity contribution in [2.75, 3.05) is 0 Å². The number of ether oxygens (including phenoxy) is 2. The van der Waals surface area contributed by atoms with E-state index in [2.05, 4.69) is 11.6 Å². The Labute approximate surface area is 196 Å². The fourth-order valence-electron chi connectivity index (χ4n) is 8.84. The molecule has 0 radical (unpaired) electrons. The highest BCUT2D eigenvalue weighted by Crippen LogP contribution is 2.89. The molecule has 6 fully saturated rings. The van der Waals surface area contributed by atoms with Crippen molar-refractivity contribution in [1.29, 1.82) is 0 Å². The van der Waals surface area contributed by atoms with Crippen molar-refractivity contribution in [1.82, 2.24) is 4.98 Å². The smallest absolute Gasteiger partial charge is 0.355 e. The molecule has 9 nitrogen and oxygen atoms in total. The summed E-state index contributed by atoms with van der Waals surface area (Å²) in [4.78, 5) is 15.9. The molecule has 34 heavy (non-hydrogen) atoms. The minimum absolute atomic E-state index is 0.0393. The Bertz CT molecular complexity index is 1190. The molecule has 1 aromatic heterocycles. The van der Waals surface area contributed by atoms with Crippen LogP contribution in [0.15, 0.2) is 41.6 Å². The van der Waals surface area contributed by atoms with Gasteiger partial charge in [-0.1, -0.05) is 19.1 Å². The van der Waals surface area contributed by atoms with Gasteiger partial charge in [-0.25, -0.2) is 4.79 Å². The van der Waals surface area contributed by atoms with E-state index in [1.165, 1.54) is 6.07 Å². The van der Waals surface area contributed by atoms with E-state index < -0.39 is 57.2 Å². The number of hydrogen-bond acceptors (Lipinski definition) is 8. The molecule has 184 valence electrons. The molecule has 7 rings (SSSR count). The van der Waals surface area contributed by atoms with E-state index in [-0.39, 0.29) is 25.0 Å². The van der Waals surface area contributed by atoms with E-state index in [1.54, 1.807) is 40.0 Å². The van der Waals surface area contributed by atoms with Crippen molar-refractivity contribution in [2.45, 2.75) is 87.4 Å². The average molecular weight is 474 g/mol. The maximum atomic E-state index is 13.1. The molecule has 2 aliphatic heterocycles. The highest BCUT2D eigenvalue weighted by atomic mass is 16.7. The molecule has 1 aromatic rings. The van der Waals surface area contributed by atoms with Crippen molar-refractivity contribution in [3.8, 4) is 0 Å². The first-order valence-electron chi connectivity index (χ1n) is 11.6. The summed E-state index contributed by atoms with van der Waals surface area (Å²) in [6.07, 6.45) is -1.39. The SMILES string of the molecule is C=C1CC[C@]2(O)[C@]3(C)C[C@]4(O)O[C@@]2([C@@H]1O)[C@@]1(O)[C@]4(C)C(=C(C)C)[C@@H](OC(=O)c2ccc[nH]2)[C@@]31O. The predicted octanol–water partition coefficient (Wildman–Crippen LogP) is 0.682. The lowest BCUT2D eigenvalue weighted by molar-refractivity contribution is -0.375. The van der Waals surface area contributed by atoms with Crippen molar-refractivity contribution < 1.29 is 39.8 Å². The van der Waals surface area contributed by atoms with Gasteiger partial charge in [-0.3, -0.25) is 0 Å². The summed E-state index contributed by atoms with van der Waals surface area (Å²) >= 11 is 0. The van der Waals surface area contributed by atoms with E-state index in [9.17, 15) is 30.3 Å². The van der Waals surface area contributed by atoms with Gasteiger partial charge in [-0.05, 0) is 56.9 Å². The van der Waals surface area contributed by atoms with E-state index in [0.717, 1.165) is 0 Å². The second-order valence-electron chi connectivity index (χ2n) is 11.4. The van der Waals surface area contributed by atoms with Gasteiger partial charge in [-0.2, -0.15) is 0 Å². The van der Waals surface area contributed by atoms with Crippen LogP contribution in [0.4, 0.5) is 0 Å². The van der Waals surface area contributed by atoms with Crippen LogP contribution < -0.4 is 0 Å². The van der Waals surface area contributed by atoms with Gasteiger partial charge in [0.15, 0.2) is 17.5 Å². The van der Waals surface area contributed by atoms with E-state index in [0.29, 0.717) is 16.7 Å². The molecule has 3 heterocycles. The van der Waals surface area contributed by atoms with Gasteiger partial charge in [0.1, 0.15) is 28.6 Å². The van der Waals surface area contributed by atoms with Gasteiger partial charge < -0.3 is 40.0 Å². The number of allylic oxidation sites excluding steroid dienone is 1. The van der Waals surface area contributed by atoms with E-state index >= 15 is 0 Å². The number of esters is 1. The van der Waals surface area contributed by atoms with Crippen molar-refractivity contribution in [2.24, 2.45) is 10.8 Å². The minimum atomic E-state index is -2.42. The fraction of sp³-hybridized carbons (Fsp3) is 0.640. The molecule has 4 saturated carbocycles. The zero-order valence-corrected chi connectivity index (χ0v) is 19.7. The molecule has 6 bridgehead atoms. The van der Waals surface area contributed by atoms with Gasteiger partial charge in [-0.15, -0.1) is 0 Å². The number of aliphatic hydroxyl groups excluding tert-OH is 1. The Hall–Kier alpha value is -2.01. The van der Waals surface area contributed by atoms with Gasteiger partial charge in [0, 0.05) is 18.0 Å². The standard InChI is InChI=1S/C25H31NO8/c1-12(2)15-17(33-18(28)14-7-6-10-26-14)23(31)19(4)11-22(30)20(15,5)25(23,32)24(34-22)16(27)13(3)8-9-21(19,24)29/h6-7,10,16-17,26-27,29-32H,3,8-9,11H2,1-2,4-5H3/t16-,17-,19+,20-,21+,22+,23-,24-,25-/m1/s1. The third-order valence-electron chi connectivity index (χ3n) is 10.2. The van der Waals surface area contributed by atoms with Crippen LogP contribution >= 0.6 is 0 Å². The zero-order valence-electron chi connectivity index (χ0n) is 19.7. The Balaban J connectivity index is 1.69. The molecule has 2 saturated heterocycles. The number of carbonyl (C=O) groups excluding carboxylic acids is 1. The molecule has 1 spiro atoms. The quantitative estimate of drug-likeness (QED) is 0.271. The van der Waals surface area contributed by atoms with Crippen molar-refractivity contribution in [3.63, 3.8) is 0 Å². The summed E-state index contributed by atoms with van der Waals surface area (Å²) in [5.41, 5.74) is -10.8. The lowest BCUT2D eigenvalue weighted by Gasteiger charge is -2.60. The monoisotopic (exact) mass is 473 g/mol. The van der Waals surface area contributed by atoms with Crippen LogP contribution in [-0.2, 0) is 9.47 Å². The number of rotatable bonds is 2. The predicted molar refractivity (Wildman–Crippen MR) is 117 cm³/mol. The summed E-state index contributed by atoms with van der Waals surface area (Å²) in [5.74, 6) is -2.82. The van der Waals surface area contributed by atoms with Crippen LogP contribution in [-0.4, -0.2) is 76.9 Å². The van der Waals surface area contributed by atoms with Gasteiger partial charge in [0.05, 0.1) is 5.41 Å². The molecule has 4 aliphatic carbocycles. The number of aromatic amines is 1. The largest absolute Gasteiger partial charge is 0.450 e. The van der Waals surface area contributed by atoms with Crippen LogP contribution in [0.3, 0.4) is 0 Å². The number of H-pyrrole nitrogens is 1. The van der Waals surface area contributed by atoms with E-state index in [1.807, 2.05) is 0 Å². The molecule has 0 aromatic carbocycles. The summed E-state index contributed by atoms with van der Waals surface area (Å²) < 4.78 is 12.1. The first kappa shape index (κ1) is 22.5. The topological polar surface area (TPSA) is 152 Å².